The van der Waals surface area contributed by atoms with Crippen LogP contribution in [0.15, 0.2) is 29.8 Å². The molecule has 11 nitrogen and oxygen atoms in total. The molecule has 0 aromatic carbocycles. The number of carbonyl (C=O) groups excluding carboxylic acids is 2. The molecule has 0 atom stereocenters. The number of esters is 1. The third-order valence-electron chi connectivity index (χ3n) is 4.49. The summed E-state index contributed by atoms with van der Waals surface area (Å²) in [6, 6.07) is 3.50. The Morgan fingerprint density at radius 3 is 2.73 bits per heavy atom. The van der Waals surface area contributed by atoms with Crippen molar-refractivity contribution in [2.45, 2.75) is 13.5 Å². The summed E-state index contributed by atoms with van der Waals surface area (Å²) in [7, 11) is 2.96. The van der Waals surface area contributed by atoms with Crippen LogP contribution in [0, 0.1) is 10.1 Å². The normalized spacial score (nSPS) is 14.5. The van der Waals surface area contributed by atoms with Crippen LogP contribution in [-0.4, -0.2) is 83.5 Å². The zero-order valence-electron chi connectivity index (χ0n) is 17.1. The third-order valence-corrected chi connectivity index (χ3v) is 4.72. The summed E-state index contributed by atoms with van der Waals surface area (Å²) in [6.45, 7) is 2.85. The number of rotatable bonds is 9. The van der Waals surface area contributed by atoms with Crippen LogP contribution in [0.3, 0.4) is 0 Å². The molecule has 12 heteroatoms. The standard InChI is InChI=1S/C18H25ClN6O5/c1-4-24(9-13-5-6-15(19)20-7-13)18-14(25(28)29)10-23(12-22(18)2)11-16(26)21-8-17(27)30-3/h5-7H,4,8-12H2,1-3H3,(H,21,26). The van der Waals surface area contributed by atoms with E-state index in [9.17, 15) is 19.7 Å². The van der Waals surface area contributed by atoms with Crippen LogP contribution >= 0.6 is 11.6 Å². The fraction of sp³-hybridized carbons (Fsp3) is 0.500. The zero-order chi connectivity index (χ0) is 22.3. The number of hydrogen-bond donors (Lipinski definition) is 1. The van der Waals surface area contributed by atoms with Crippen molar-refractivity contribution in [3.05, 3.63) is 50.7 Å². The van der Waals surface area contributed by atoms with E-state index in [0.29, 0.717) is 30.7 Å². The van der Waals surface area contributed by atoms with E-state index in [1.54, 1.807) is 29.1 Å². The van der Waals surface area contributed by atoms with Crippen molar-refractivity contribution in [2.24, 2.45) is 0 Å². The minimum atomic E-state index is -0.567. The average molecular weight is 441 g/mol. The smallest absolute Gasteiger partial charge is 0.325 e. The fourth-order valence-corrected chi connectivity index (χ4v) is 3.26. The van der Waals surface area contributed by atoms with Gasteiger partial charge >= 0.3 is 5.97 Å². The molecular formula is C18H25ClN6O5. The number of methoxy groups -OCH3 is 1. The van der Waals surface area contributed by atoms with Gasteiger partial charge in [0.05, 0.1) is 31.8 Å². The molecular weight excluding hydrogens is 416 g/mol. The molecule has 30 heavy (non-hydrogen) atoms. The molecule has 0 saturated heterocycles. The van der Waals surface area contributed by atoms with E-state index < -0.39 is 16.8 Å². The number of nitrogens with zero attached hydrogens (tertiary/aromatic N) is 5. The summed E-state index contributed by atoms with van der Waals surface area (Å²) in [4.78, 5) is 43.9. The number of halogens is 1. The van der Waals surface area contributed by atoms with E-state index in [1.165, 1.54) is 7.11 Å². The molecule has 0 spiro atoms. The largest absolute Gasteiger partial charge is 0.468 e. The third kappa shape index (κ3) is 6.29. The first kappa shape index (κ1) is 23.4. The predicted molar refractivity (Wildman–Crippen MR) is 109 cm³/mol. The van der Waals surface area contributed by atoms with Crippen molar-refractivity contribution in [3.63, 3.8) is 0 Å². The van der Waals surface area contributed by atoms with Crippen LogP contribution in [-0.2, 0) is 20.9 Å². The Labute approximate surface area is 179 Å². The van der Waals surface area contributed by atoms with Crippen LogP contribution in [0.2, 0.25) is 5.15 Å². The summed E-state index contributed by atoms with van der Waals surface area (Å²) in [6.07, 6.45) is 1.64. The molecule has 164 valence electrons. The second-order valence-corrected chi connectivity index (χ2v) is 7.10. The van der Waals surface area contributed by atoms with E-state index in [2.05, 4.69) is 15.0 Å². The van der Waals surface area contributed by atoms with E-state index in [-0.39, 0.29) is 25.3 Å². The Balaban J connectivity index is 2.15. The van der Waals surface area contributed by atoms with Gasteiger partial charge in [-0.1, -0.05) is 17.7 Å². The number of hydrogen-bond acceptors (Lipinski definition) is 9. The first-order valence-electron chi connectivity index (χ1n) is 9.25. The number of ether oxygens (including phenoxy) is 1. The van der Waals surface area contributed by atoms with Crippen molar-refractivity contribution in [2.75, 3.05) is 47.0 Å². The quantitative estimate of drug-likeness (QED) is 0.253. The molecule has 2 heterocycles. The molecule has 1 aliphatic heterocycles. The average Bonchev–Trinajstić information content (AvgIpc) is 2.71. The van der Waals surface area contributed by atoms with Crippen molar-refractivity contribution in [1.82, 2.24) is 25.0 Å². The van der Waals surface area contributed by atoms with Crippen LogP contribution in [0.25, 0.3) is 0 Å². The van der Waals surface area contributed by atoms with E-state index >= 15 is 0 Å². The lowest BCUT2D eigenvalue weighted by atomic mass is 10.2. The number of nitro groups is 1. The summed E-state index contributed by atoms with van der Waals surface area (Å²) >= 11 is 5.83. The highest BCUT2D eigenvalue weighted by molar-refractivity contribution is 6.29. The van der Waals surface area contributed by atoms with Gasteiger partial charge in [0.1, 0.15) is 11.7 Å². The SMILES string of the molecule is CCN(Cc1ccc(Cl)nc1)C1=C([N+](=O)[O-])CN(CC(=O)NCC(=O)OC)CN1C. The van der Waals surface area contributed by atoms with Crippen LogP contribution < -0.4 is 5.32 Å². The molecule has 1 aromatic rings. The highest BCUT2D eigenvalue weighted by Crippen LogP contribution is 2.23. The second kappa shape index (κ2) is 10.7. The summed E-state index contributed by atoms with van der Waals surface area (Å²) < 4.78 is 4.47. The molecule has 0 aliphatic carbocycles. The molecule has 0 fully saturated rings. The number of amides is 1. The molecule has 1 aromatic heterocycles. The first-order valence-corrected chi connectivity index (χ1v) is 9.62. The maximum absolute atomic E-state index is 12.1. The van der Waals surface area contributed by atoms with Crippen LogP contribution in [0.1, 0.15) is 12.5 Å². The number of nitrogens with one attached hydrogen (secondary N) is 1. The van der Waals surface area contributed by atoms with Gasteiger partial charge in [-0.25, -0.2) is 4.98 Å². The van der Waals surface area contributed by atoms with Gasteiger partial charge in [0.25, 0.3) is 5.70 Å². The van der Waals surface area contributed by atoms with Gasteiger partial charge in [-0.15, -0.1) is 0 Å². The second-order valence-electron chi connectivity index (χ2n) is 6.71. The summed E-state index contributed by atoms with van der Waals surface area (Å²) in [5.74, 6) is -0.495. The maximum Gasteiger partial charge on any atom is 0.325 e. The first-order chi connectivity index (χ1) is 14.2. The van der Waals surface area contributed by atoms with Gasteiger partial charge in [0.15, 0.2) is 5.82 Å². The predicted octanol–water partition coefficient (Wildman–Crippen LogP) is 0.497. The fourth-order valence-electron chi connectivity index (χ4n) is 3.15. The van der Waals surface area contributed by atoms with Crippen molar-refractivity contribution in [1.29, 1.82) is 0 Å². The molecule has 1 aliphatic rings. The van der Waals surface area contributed by atoms with Gasteiger partial charge in [0.2, 0.25) is 5.91 Å². The lowest BCUT2D eigenvalue weighted by molar-refractivity contribution is -0.433. The van der Waals surface area contributed by atoms with Gasteiger partial charge in [-0.3, -0.25) is 24.6 Å². The van der Waals surface area contributed by atoms with Crippen molar-refractivity contribution >= 4 is 23.5 Å². The van der Waals surface area contributed by atoms with Crippen molar-refractivity contribution < 1.29 is 19.2 Å². The number of carbonyl (C=O) groups is 2. The van der Waals surface area contributed by atoms with Gasteiger partial charge in [-0.05, 0) is 18.6 Å². The molecule has 2 rings (SSSR count). The lowest BCUT2D eigenvalue weighted by Gasteiger charge is -2.39. The molecule has 0 saturated carbocycles. The van der Waals surface area contributed by atoms with Crippen LogP contribution in [0.4, 0.5) is 0 Å². The highest BCUT2D eigenvalue weighted by Gasteiger charge is 2.34. The zero-order valence-corrected chi connectivity index (χ0v) is 17.9. The van der Waals surface area contributed by atoms with Crippen LogP contribution in [0.5, 0.6) is 0 Å². The lowest BCUT2D eigenvalue weighted by Crippen LogP contribution is -2.51. The molecule has 0 radical (unpaired) electrons. The summed E-state index contributed by atoms with van der Waals surface area (Å²) in [5, 5.41) is 14.6. The Morgan fingerprint density at radius 1 is 1.43 bits per heavy atom. The minimum absolute atomic E-state index is 0.00621. The van der Waals surface area contributed by atoms with Gasteiger partial charge in [-0.2, -0.15) is 0 Å². The van der Waals surface area contributed by atoms with Gasteiger partial charge in [0, 0.05) is 26.3 Å². The van der Waals surface area contributed by atoms with E-state index in [4.69, 9.17) is 11.6 Å². The monoisotopic (exact) mass is 440 g/mol. The Morgan fingerprint density at radius 2 is 2.17 bits per heavy atom. The topological polar surface area (TPSA) is 121 Å². The van der Waals surface area contributed by atoms with Crippen molar-refractivity contribution in [3.8, 4) is 0 Å². The highest BCUT2D eigenvalue weighted by atomic mass is 35.5. The molecule has 0 unspecified atom stereocenters. The minimum Gasteiger partial charge on any atom is -0.468 e. The number of pyridine rings is 1. The molecule has 1 amide bonds. The number of aromatic nitrogens is 1. The van der Waals surface area contributed by atoms with E-state index in [0.717, 1.165) is 5.56 Å². The summed E-state index contributed by atoms with van der Waals surface area (Å²) in [5.41, 5.74) is 0.864. The molecule has 1 N–H and O–H groups in total. The molecule has 0 bridgehead atoms. The van der Waals surface area contributed by atoms with Gasteiger partial charge < -0.3 is 19.9 Å². The Hall–Kier alpha value is -2.92. The van der Waals surface area contributed by atoms with E-state index in [1.807, 2.05) is 17.9 Å². The maximum atomic E-state index is 12.1. The Kier molecular flexibility index (Phi) is 8.36. The Bertz CT molecular complexity index is 816.